The summed E-state index contributed by atoms with van der Waals surface area (Å²) < 4.78 is 11.4. The fraction of sp³-hybridized carbons (Fsp3) is 0.318. The maximum absolute atomic E-state index is 11.8. The van der Waals surface area contributed by atoms with Crippen molar-refractivity contribution in [3.05, 3.63) is 65.0 Å². The van der Waals surface area contributed by atoms with Gasteiger partial charge in [0.2, 0.25) is 11.8 Å². The van der Waals surface area contributed by atoms with E-state index >= 15 is 0 Å². The summed E-state index contributed by atoms with van der Waals surface area (Å²) in [4.78, 5) is 13.5. The minimum absolute atomic E-state index is 0.0697. The van der Waals surface area contributed by atoms with Crippen molar-refractivity contribution in [2.75, 3.05) is 24.6 Å². The Kier molecular flexibility index (Phi) is 5.57. The smallest absolute Gasteiger partial charge is 0.321 e. The molecule has 1 aliphatic heterocycles. The average Bonchev–Trinajstić information content (AvgIpc) is 3.38. The van der Waals surface area contributed by atoms with Gasteiger partial charge in [0.25, 0.3) is 0 Å². The summed E-state index contributed by atoms with van der Waals surface area (Å²) in [5, 5.41) is 11.2. The molecule has 0 atom stereocenters. The van der Waals surface area contributed by atoms with Crippen LogP contribution < -0.4 is 10.2 Å². The van der Waals surface area contributed by atoms with Gasteiger partial charge in [-0.3, -0.25) is 4.90 Å². The zero-order chi connectivity index (χ0) is 20.2. The summed E-state index contributed by atoms with van der Waals surface area (Å²) in [6.45, 7) is 6.69. The van der Waals surface area contributed by atoms with Crippen LogP contribution in [0.25, 0.3) is 11.5 Å². The molecule has 1 aliphatic rings. The molecule has 1 N–H and O–H groups in total. The van der Waals surface area contributed by atoms with Gasteiger partial charge in [0.05, 0.1) is 13.0 Å². The minimum Gasteiger partial charge on any atom is -0.420 e. The number of hydrogen-bond acceptors (Lipinski definition) is 5. The maximum atomic E-state index is 11.8. The number of amides is 2. The molecule has 7 heteroatoms. The van der Waals surface area contributed by atoms with Crippen LogP contribution in [0.4, 0.5) is 10.5 Å². The molecule has 7 nitrogen and oxygen atoms in total. The number of benzene rings is 2. The molecule has 2 heterocycles. The molecule has 150 valence electrons. The van der Waals surface area contributed by atoms with Crippen molar-refractivity contribution in [2.24, 2.45) is 0 Å². The van der Waals surface area contributed by atoms with E-state index in [-0.39, 0.29) is 6.03 Å². The lowest BCUT2D eigenvalue weighted by Gasteiger charge is -2.13. The molecule has 1 saturated heterocycles. The Bertz CT molecular complexity index is 998. The molecule has 2 amide bonds. The van der Waals surface area contributed by atoms with Crippen LogP contribution in [0.5, 0.6) is 0 Å². The van der Waals surface area contributed by atoms with Crippen LogP contribution in [0.15, 0.2) is 46.9 Å². The maximum Gasteiger partial charge on any atom is 0.321 e. The Labute approximate surface area is 169 Å². The van der Waals surface area contributed by atoms with Crippen molar-refractivity contribution < 1.29 is 13.9 Å². The Hall–Kier alpha value is -3.19. The number of ether oxygens (including phenoxy) is 1. The number of anilines is 1. The standard InChI is InChI=1S/C22H24N4O3/c1-3-28-14-16-5-4-15(2)18(12-16)13-20-24-25-21(29-20)17-6-8-19(9-7-17)26-11-10-23-22(26)27/h4-9,12H,3,10-11,13-14H2,1-2H3,(H,23,27). The van der Waals surface area contributed by atoms with Gasteiger partial charge in [-0.15, -0.1) is 10.2 Å². The third-order valence-corrected chi connectivity index (χ3v) is 4.98. The first-order valence-electron chi connectivity index (χ1n) is 9.78. The van der Waals surface area contributed by atoms with Crippen molar-refractivity contribution in [2.45, 2.75) is 26.9 Å². The highest BCUT2D eigenvalue weighted by atomic mass is 16.5. The number of nitrogens with zero attached hydrogens (tertiary/aromatic N) is 3. The molecule has 3 aromatic rings. The van der Waals surface area contributed by atoms with E-state index < -0.39 is 0 Å². The monoisotopic (exact) mass is 392 g/mol. The van der Waals surface area contributed by atoms with Crippen molar-refractivity contribution in [3.63, 3.8) is 0 Å². The number of carbonyl (C=O) groups is 1. The Morgan fingerprint density at radius 2 is 2.00 bits per heavy atom. The van der Waals surface area contributed by atoms with Crippen molar-refractivity contribution in [1.29, 1.82) is 0 Å². The van der Waals surface area contributed by atoms with Gasteiger partial charge in [-0.1, -0.05) is 18.2 Å². The van der Waals surface area contributed by atoms with Crippen LogP contribution in [0.1, 0.15) is 29.5 Å². The minimum atomic E-state index is -0.0697. The van der Waals surface area contributed by atoms with E-state index in [2.05, 4.69) is 40.6 Å². The second-order valence-electron chi connectivity index (χ2n) is 7.01. The van der Waals surface area contributed by atoms with Crippen LogP contribution in [-0.4, -0.2) is 35.9 Å². The van der Waals surface area contributed by atoms with Gasteiger partial charge >= 0.3 is 6.03 Å². The molecule has 0 spiro atoms. The van der Waals surface area contributed by atoms with Crippen LogP contribution in [0, 0.1) is 6.92 Å². The first-order chi connectivity index (χ1) is 14.1. The highest BCUT2D eigenvalue weighted by molar-refractivity contribution is 5.94. The zero-order valence-electron chi connectivity index (χ0n) is 16.6. The fourth-order valence-corrected chi connectivity index (χ4v) is 3.33. The third kappa shape index (κ3) is 4.30. The number of aromatic nitrogens is 2. The molecular formula is C22H24N4O3. The Morgan fingerprint density at radius 1 is 1.17 bits per heavy atom. The highest BCUT2D eigenvalue weighted by Crippen LogP contribution is 2.24. The molecule has 0 saturated carbocycles. The number of hydrogen-bond donors (Lipinski definition) is 1. The molecule has 0 bridgehead atoms. The topological polar surface area (TPSA) is 80.5 Å². The lowest BCUT2D eigenvalue weighted by Crippen LogP contribution is -2.27. The molecule has 1 fully saturated rings. The first-order valence-corrected chi connectivity index (χ1v) is 9.78. The van der Waals surface area contributed by atoms with E-state index in [0.29, 0.717) is 44.5 Å². The van der Waals surface area contributed by atoms with Crippen LogP contribution in [0.2, 0.25) is 0 Å². The highest BCUT2D eigenvalue weighted by Gasteiger charge is 2.21. The number of urea groups is 1. The zero-order valence-corrected chi connectivity index (χ0v) is 16.6. The Balaban J connectivity index is 1.48. The average molecular weight is 392 g/mol. The largest absolute Gasteiger partial charge is 0.420 e. The lowest BCUT2D eigenvalue weighted by atomic mass is 10.0. The summed E-state index contributed by atoms with van der Waals surface area (Å²) >= 11 is 0. The second kappa shape index (κ2) is 8.45. The van der Waals surface area contributed by atoms with E-state index in [1.165, 1.54) is 5.56 Å². The summed E-state index contributed by atoms with van der Waals surface area (Å²) in [5.41, 5.74) is 5.14. The van der Waals surface area contributed by atoms with Gasteiger partial charge in [0.15, 0.2) is 0 Å². The summed E-state index contributed by atoms with van der Waals surface area (Å²) in [6.07, 6.45) is 0.574. The van der Waals surface area contributed by atoms with E-state index in [4.69, 9.17) is 9.15 Å². The molecule has 1 aromatic heterocycles. The lowest BCUT2D eigenvalue weighted by molar-refractivity contribution is 0.134. The van der Waals surface area contributed by atoms with Gasteiger partial charge in [0.1, 0.15) is 0 Å². The quantitative estimate of drug-likeness (QED) is 0.663. The Morgan fingerprint density at radius 3 is 2.72 bits per heavy atom. The third-order valence-electron chi connectivity index (χ3n) is 4.98. The molecule has 4 rings (SSSR count). The molecule has 0 unspecified atom stereocenters. The van der Waals surface area contributed by atoms with Gasteiger partial charge in [-0.25, -0.2) is 4.79 Å². The molecular weight excluding hydrogens is 368 g/mol. The first kappa shape index (κ1) is 19.1. The predicted molar refractivity (Wildman–Crippen MR) is 110 cm³/mol. The van der Waals surface area contributed by atoms with Gasteiger partial charge < -0.3 is 14.5 Å². The molecule has 0 radical (unpaired) electrons. The van der Waals surface area contributed by atoms with Crippen LogP contribution in [-0.2, 0) is 17.8 Å². The van der Waals surface area contributed by atoms with Crippen molar-refractivity contribution in [1.82, 2.24) is 15.5 Å². The molecule has 2 aromatic carbocycles. The summed E-state index contributed by atoms with van der Waals surface area (Å²) in [6, 6.07) is 13.8. The molecule has 0 aliphatic carbocycles. The summed E-state index contributed by atoms with van der Waals surface area (Å²) in [5.74, 6) is 1.04. The predicted octanol–water partition coefficient (Wildman–Crippen LogP) is 3.70. The SMILES string of the molecule is CCOCc1ccc(C)c(Cc2nnc(-c3ccc(N4CCNC4=O)cc3)o2)c1. The second-order valence-corrected chi connectivity index (χ2v) is 7.01. The van der Waals surface area contributed by atoms with Gasteiger partial charge in [-0.05, 0) is 54.8 Å². The van der Waals surface area contributed by atoms with Gasteiger partial charge in [0, 0.05) is 30.9 Å². The number of carbonyl (C=O) groups excluding carboxylic acids is 1. The van der Waals surface area contributed by atoms with E-state index in [9.17, 15) is 4.79 Å². The van der Waals surface area contributed by atoms with E-state index in [1.54, 1.807) is 4.90 Å². The van der Waals surface area contributed by atoms with E-state index in [0.717, 1.165) is 22.4 Å². The van der Waals surface area contributed by atoms with Crippen LogP contribution >= 0.6 is 0 Å². The summed E-state index contributed by atoms with van der Waals surface area (Å²) in [7, 11) is 0. The molecule has 29 heavy (non-hydrogen) atoms. The fourth-order valence-electron chi connectivity index (χ4n) is 3.33. The number of rotatable bonds is 7. The van der Waals surface area contributed by atoms with Crippen LogP contribution in [0.3, 0.4) is 0 Å². The van der Waals surface area contributed by atoms with E-state index in [1.807, 2.05) is 31.2 Å². The van der Waals surface area contributed by atoms with Crippen molar-refractivity contribution in [3.8, 4) is 11.5 Å². The van der Waals surface area contributed by atoms with Crippen molar-refractivity contribution >= 4 is 11.7 Å². The van der Waals surface area contributed by atoms with Gasteiger partial charge in [-0.2, -0.15) is 0 Å². The number of nitrogens with one attached hydrogen (secondary N) is 1. The normalized spacial score (nSPS) is 13.7. The number of aryl methyl sites for hydroxylation is 1.